The summed E-state index contributed by atoms with van der Waals surface area (Å²) in [5.41, 5.74) is 0. The Labute approximate surface area is 119 Å². The molecule has 2 saturated heterocycles. The van der Waals surface area contributed by atoms with Crippen molar-refractivity contribution in [2.75, 3.05) is 32.8 Å². The predicted molar refractivity (Wildman–Crippen MR) is 80.5 cm³/mol. The Bertz CT molecular complexity index is 233. The number of ether oxygens (including phenoxy) is 1. The van der Waals surface area contributed by atoms with Gasteiger partial charge in [0.2, 0.25) is 0 Å². The van der Waals surface area contributed by atoms with Gasteiger partial charge in [-0.2, -0.15) is 0 Å². The lowest BCUT2D eigenvalue weighted by atomic mass is 9.90. The van der Waals surface area contributed by atoms with E-state index in [0.717, 1.165) is 12.5 Å². The molecular formula is C16H32N2O. The van der Waals surface area contributed by atoms with E-state index in [0.29, 0.717) is 12.1 Å². The van der Waals surface area contributed by atoms with Gasteiger partial charge in [0.25, 0.3) is 0 Å². The Morgan fingerprint density at radius 3 is 2.68 bits per heavy atom. The molecule has 0 aromatic carbocycles. The minimum Gasteiger partial charge on any atom is -0.378 e. The molecule has 2 atom stereocenters. The summed E-state index contributed by atoms with van der Waals surface area (Å²) in [5, 5.41) is 3.66. The fourth-order valence-electron chi connectivity index (χ4n) is 3.41. The Hall–Kier alpha value is -0.120. The number of nitrogens with one attached hydrogen (secondary N) is 1. The molecule has 19 heavy (non-hydrogen) atoms. The summed E-state index contributed by atoms with van der Waals surface area (Å²) in [4.78, 5) is 2.64. The summed E-state index contributed by atoms with van der Waals surface area (Å²) in [7, 11) is 0. The molecule has 0 aromatic heterocycles. The van der Waals surface area contributed by atoms with E-state index in [1.807, 2.05) is 0 Å². The molecule has 2 fully saturated rings. The van der Waals surface area contributed by atoms with Crippen LogP contribution in [0.5, 0.6) is 0 Å². The van der Waals surface area contributed by atoms with Crippen molar-refractivity contribution in [3.05, 3.63) is 0 Å². The van der Waals surface area contributed by atoms with Crippen LogP contribution >= 0.6 is 0 Å². The molecule has 2 heterocycles. The zero-order chi connectivity index (χ0) is 13.5. The van der Waals surface area contributed by atoms with Crippen molar-refractivity contribution in [2.45, 2.75) is 64.5 Å². The molecule has 0 spiro atoms. The van der Waals surface area contributed by atoms with Crippen LogP contribution in [0.3, 0.4) is 0 Å². The molecule has 3 heteroatoms. The van der Waals surface area contributed by atoms with Crippen molar-refractivity contribution in [3.8, 4) is 0 Å². The Morgan fingerprint density at radius 1 is 1.26 bits per heavy atom. The predicted octanol–water partition coefficient (Wildman–Crippen LogP) is 2.66. The second kappa shape index (κ2) is 8.23. The fourth-order valence-corrected chi connectivity index (χ4v) is 3.41. The van der Waals surface area contributed by atoms with Gasteiger partial charge in [-0.15, -0.1) is 0 Å². The number of rotatable bonds is 7. The fraction of sp³-hybridized carbons (Fsp3) is 1.00. The number of piperidine rings is 1. The van der Waals surface area contributed by atoms with E-state index in [1.165, 1.54) is 64.7 Å². The molecule has 2 rings (SSSR count). The van der Waals surface area contributed by atoms with E-state index in [9.17, 15) is 0 Å². The molecular weight excluding hydrogens is 236 g/mol. The zero-order valence-corrected chi connectivity index (χ0v) is 12.9. The van der Waals surface area contributed by atoms with Crippen molar-refractivity contribution in [1.82, 2.24) is 10.2 Å². The average molecular weight is 268 g/mol. The summed E-state index contributed by atoms with van der Waals surface area (Å²) in [6.07, 6.45) is 8.33. The van der Waals surface area contributed by atoms with Crippen LogP contribution < -0.4 is 5.32 Å². The van der Waals surface area contributed by atoms with Gasteiger partial charge >= 0.3 is 0 Å². The number of nitrogens with zero attached hydrogens (tertiary/aromatic N) is 1. The van der Waals surface area contributed by atoms with Crippen LogP contribution in [0.25, 0.3) is 0 Å². The van der Waals surface area contributed by atoms with Gasteiger partial charge in [-0.1, -0.05) is 6.92 Å². The monoisotopic (exact) mass is 268 g/mol. The molecule has 2 aliphatic rings. The minimum atomic E-state index is 0.558. The Balaban J connectivity index is 1.59. The summed E-state index contributed by atoms with van der Waals surface area (Å²) in [6.45, 7) is 10.6. The van der Waals surface area contributed by atoms with Crippen LogP contribution in [0.1, 0.15) is 52.4 Å². The molecule has 0 saturated carbocycles. The molecule has 0 aromatic rings. The van der Waals surface area contributed by atoms with Crippen molar-refractivity contribution in [1.29, 1.82) is 0 Å². The van der Waals surface area contributed by atoms with Gasteiger partial charge in [-0.3, -0.25) is 0 Å². The highest BCUT2D eigenvalue weighted by molar-refractivity contribution is 4.80. The molecule has 0 amide bonds. The van der Waals surface area contributed by atoms with Crippen LogP contribution in [-0.4, -0.2) is 49.8 Å². The number of likely N-dealkylation sites (tertiary alicyclic amines) is 1. The van der Waals surface area contributed by atoms with Gasteiger partial charge in [0, 0.05) is 19.2 Å². The first-order chi connectivity index (χ1) is 9.29. The molecule has 3 nitrogen and oxygen atoms in total. The molecule has 112 valence electrons. The second-order valence-corrected chi connectivity index (χ2v) is 6.35. The van der Waals surface area contributed by atoms with Gasteiger partial charge in [-0.05, 0) is 71.0 Å². The molecule has 0 bridgehead atoms. The van der Waals surface area contributed by atoms with Crippen molar-refractivity contribution in [2.24, 2.45) is 5.92 Å². The molecule has 1 N–H and O–H groups in total. The highest BCUT2D eigenvalue weighted by atomic mass is 16.5. The lowest BCUT2D eigenvalue weighted by molar-refractivity contribution is 0.0829. The van der Waals surface area contributed by atoms with Crippen LogP contribution in [0, 0.1) is 5.92 Å². The van der Waals surface area contributed by atoms with Crippen LogP contribution in [0.4, 0.5) is 0 Å². The molecule has 2 unspecified atom stereocenters. The van der Waals surface area contributed by atoms with Gasteiger partial charge in [0.15, 0.2) is 0 Å². The summed E-state index contributed by atoms with van der Waals surface area (Å²) in [6, 6.07) is 0.695. The van der Waals surface area contributed by atoms with E-state index < -0.39 is 0 Å². The van der Waals surface area contributed by atoms with Crippen LogP contribution in [0.15, 0.2) is 0 Å². The van der Waals surface area contributed by atoms with E-state index in [-0.39, 0.29) is 0 Å². The van der Waals surface area contributed by atoms with Gasteiger partial charge in [0.05, 0.1) is 6.10 Å². The lowest BCUT2D eigenvalue weighted by Gasteiger charge is -2.35. The maximum atomic E-state index is 5.71. The average Bonchev–Trinajstić information content (AvgIpc) is 2.96. The number of hydrogen-bond acceptors (Lipinski definition) is 3. The first-order valence-corrected chi connectivity index (χ1v) is 8.37. The topological polar surface area (TPSA) is 24.5 Å². The largest absolute Gasteiger partial charge is 0.378 e. The summed E-state index contributed by atoms with van der Waals surface area (Å²) >= 11 is 0. The third kappa shape index (κ3) is 5.05. The first-order valence-electron chi connectivity index (χ1n) is 8.37. The number of hydrogen-bond donors (Lipinski definition) is 1. The second-order valence-electron chi connectivity index (χ2n) is 6.35. The Kier molecular flexibility index (Phi) is 6.62. The normalized spacial score (nSPS) is 27.8. The molecule has 2 aliphatic heterocycles. The van der Waals surface area contributed by atoms with Gasteiger partial charge in [-0.25, -0.2) is 0 Å². The minimum absolute atomic E-state index is 0.558. The van der Waals surface area contributed by atoms with E-state index in [2.05, 4.69) is 24.1 Å². The van der Waals surface area contributed by atoms with Crippen molar-refractivity contribution < 1.29 is 4.74 Å². The van der Waals surface area contributed by atoms with Gasteiger partial charge < -0.3 is 15.0 Å². The Morgan fingerprint density at radius 2 is 2.05 bits per heavy atom. The van der Waals surface area contributed by atoms with Crippen LogP contribution in [-0.2, 0) is 4.74 Å². The quantitative estimate of drug-likeness (QED) is 0.768. The third-order valence-corrected chi connectivity index (χ3v) is 4.85. The van der Waals surface area contributed by atoms with E-state index in [4.69, 9.17) is 4.74 Å². The van der Waals surface area contributed by atoms with Crippen LogP contribution in [0.2, 0.25) is 0 Å². The van der Waals surface area contributed by atoms with Gasteiger partial charge in [0.1, 0.15) is 0 Å². The summed E-state index contributed by atoms with van der Waals surface area (Å²) < 4.78 is 5.71. The van der Waals surface area contributed by atoms with Crippen molar-refractivity contribution in [3.63, 3.8) is 0 Å². The highest BCUT2D eigenvalue weighted by Gasteiger charge is 2.24. The SMILES string of the molecule is CCCNC(C)C1CCN(CCC2CCCO2)CC1. The first kappa shape index (κ1) is 15.3. The smallest absolute Gasteiger partial charge is 0.0588 e. The highest BCUT2D eigenvalue weighted by Crippen LogP contribution is 2.22. The van der Waals surface area contributed by atoms with Crippen molar-refractivity contribution >= 4 is 0 Å². The standard InChI is InChI=1S/C16H32N2O/c1-3-9-17-14(2)15-6-10-18(11-7-15)12-8-16-5-4-13-19-16/h14-17H,3-13H2,1-2H3. The maximum Gasteiger partial charge on any atom is 0.0588 e. The summed E-state index contributed by atoms with van der Waals surface area (Å²) in [5.74, 6) is 0.880. The van der Waals surface area contributed by atoms with E-state index >= 15 is 0 Å². The molecule has 0 aliphatic carbocycles. The van der Waals surface area contributed by atoms with E-state index in [1.54, 1.807) is 0 Å². The lowest BCUT2D eigenvalue weighted by Crippen LogP contribution is -2.42. The maximum absolute atomic E-state index is 5.71. The third-order valence-electron chi connectivity index (χ3n) is 4.85. The zero-order valence-electron chi connectivity index (χ0n) is 12.9. The molecule has 0 radical (unpaired) electrons.